The highest BCUT2D eigenvalue weighted by Gasteiger charge is 2.11. The van der Waals surface area contributed by atoms with Gasteiger partial charge < -0.3 is 5.11 Å². The fraction of sp³-hybridized carbons (Fsp3) is 0.200. The zero-order chi connectivity index (χ0) is 15.3. The maximum absolute atomic E-state index is 13.0. The van der Waals surface area contributed by atoms with E-state index in [2.05, 4.69) is 4.72 Å². The molecule has 4 nitrogen and oxygen atoms in total. The zero-order valence-electron chi connectivity index (χ0n) is 11.3. The van der Waals surface area contributed by atoms with Crippen molar-refractivity contribution >= 4 is 10.0 Å². The monoisotopic (exact) mass is 309 g/mol. The molecular formula is C15H16FNO3S. The van der Waals surface area contributed by atoms with Gasteiger partial charge >= 0.3 is 0 Å². The van der Waals surface area contributed by atoms with Crippen molar-refractivity contribution in [2.45, 2.75) is 18.9 Å². The molecule has 0 amide bonds. The summed E-state index contributed by atoms with van der Waals surface area (Å²) in [6, 6.07) is 12.5. The second kappa shape index (κ2) is 6.80. The maximum atomic E-state index is 13.0. The molecule has 0 aliphatic carbocycles. The average molecular weight is 309 g/mol. The molecule has 0 aromatic heterocycles. The number of rotatable bonds is 6. The van der Waals surface area contributed by atoms with Crippen LogP contribution in [-0.2, 0) is 28.9 Å². The van der Waals surface area contributed by atoms with E-state index in [1.165, 1.54) is 18.2 Å². The van der Waals surface area contributed by atoms with Gasteiger partial charge in [-0.05, 0) is 28.8 Å². The molecule has 0 saturated carbocycles. The van der Waals surface area contributed by atoms with Crippen molar-refractivity contribution in [2.75, 3.05) is 0 Å². The van der Waals surface area contributed by atoms with Crippen LogP contribution in [0, 0.1) is 5.82 Å². The van der Waals surface area contributed by atoms with Gasteiger partial charge in [0.1, 0.15) is 5.82 Å². The number of hydrogen-bond donors (Lipinski definition) is 2. The van der Waals surface area contributed by atoms with Gasteiger partial charge in [-0.15, -0.1) is 0 Å². The molecule has 2 aromatic rings. The lowest BCUT2D eigenvalue weighted by atomic mass is 10.1. The van der Waals surface area contributed by atoms with Crippen LogP contribution in [0.5, 0.6) is 0 Å². The number of nitrogens with one attached hydrogen (secondary N) is 1. The van der Waals surface area contributed by atoms with E-state index < -0.39 is 15.8 Å². The molecule has 0 fully saturated rings. The Kier molecular flexibility index (Phi) is 5.06. The van der Waals surface area contributed by atoms with E-state index in [-0.39, 0.29) is 18.9 Å². The van der Waals surface area contributed by atoms with Gasteiger partial charge in [0.15, 0.2) is 0 Å². The quantitative estimate of drug-likeness (QED) is 0.857. The fourth-order valence-corrected chi connectivity index (χ4v) is 3.04. The Labute approximate surface area is 123 Å². The van der Waals surface area contributed by atoms with Crippen LogP contribution in [0.3, 0.4) is 0 Å². The Morgan fingerprint density at radius 3 is 2.38 bits per heavy atom. The first-order chi connectivity index (χ1) is 9.98. The summed E-state index contributed by atoms with van der Waals surface area (Å²) in [6.45, 7) is -0.0929. The van der Waals surface area contributed by atoms with Gasteiger partial charge in [-0.2, -0.15) is 0 Å². The summed E-state index contributed by atoms with van der Waals surface area (Å²) in [4.78, 5) is 0. The van der Waals surface area contributed by atoms with E-state index in [1.807, 2.05) is 0 Å². The van der Waals surface area contributed by atoms with Crippen molar-refractivity contribution in [3.05, 3.63) is 71.0 Å². The SMILES string of the molecule is O=S(=O)(Cc1cccc(CO)c1)NCc1cccc(F)c1. The normalized spacial score (nSPS) is 11.5. The molecule has 112 valence electrons. The number of halogens is 1. The second-order valence-electron chi connectivity index (χ2n) is 4.69. The first kappa shape index (κ1) is 15.6. The van der Waals surface area contributed by atoms with Crippen molar-refractivity contribution < 1.29 is 17.9 Å². The Morgan fingerprint density at radius 2 is 1.67 bits per heavy atom. The molecule has 2 rings (SSSR count). The van der Waals surface area contributed by atoms with Gasteiger partial charge in [0.2, 0.25) is 10.0 Å². The van der Waals surface area contributed by atoms with Crippen LogP contribution in [0.15, 0.2) is 48.5 Å². The molecule has 0 unspecified atom stereocenters. The second-order valence-corrected chi connectivity index (χ2v) is 6.50. The highest BCUT2D eigenvalue weighted by molar-refractivity contribution is 7.88. The molecule has 0 spiro atoms. The summed E-state index contributed by atoms with van der Waals surface area (Å²) in [5.74, 6) is -0.585. The van der Waals surface area contributed by atoms with Crippen LogP contribution in [0.2, 0.25) is 0 Å². The largest absolute Gasteiger partial charge is 0.392 e. The lowest BCUT2D eigenvalue weighted by molar-refractivity contribution is 0.282. The number of sulfonamides is 1. The first-order valence-corrected chi connectivity index (χ1v) is 8.04. The molecule has 2 aromatic carbocycles. The Morgan fingerprint density at radius 1 is 1.00 bits per heavy atom. The smallest absolute Gasteiger partial charge is 0.216 e. The Hall–Kier alpha value is -1.76. The third-order valence-corrected chi connectivity index (χ3v) is 4.21. The summed E-state index contributed by atoms with van der Waals surface area (Å²) < 4.78 is 39.4. The van der Waals surface area contributed by atoms with Crippen LogP contribution in [0.4, 0.5) is 4.39 Å². The number of aliphatic hydroxyl groups is 1. The van der Waals surface area contributed by atoms with Gasteiger partial charge in [-0.3, -0.25) is 0 Å². The lowest BCUT2D eigenvalue weighted by Crippen LogP contribution is -2.24. The molecule has 0 aliphatic heterocycles. The molecule has 0 aliphatic rings. The summed E-state index contributed by atoms with van der Waals surface area (Å²) in [6.07, 6.45) is 0. The van der Waals surface area contributed by atoms with Gasteiger partial charge in [0, 0.05) is 6.54 Å². The third kappa shape index (κ3) is 4.93. The van der Waals surface area contributed by atoms with E-state index in [9.17, 15) is 12.8 Å². The molecular weight excluding hydrogens is 293 g/mol. The number of benzene rings is 2. The number of aliphatic hydroxyl groups excluding tert-OH is 1. The van der Waals surface area contributed by atoms with Gasteiger partial charge in [-0.1, -0.05) is 36.4 Å². The van der Waals surface area contributed by atoms with E-state index in [1.54, 1.807) is 30.3 Å². The van der Waals surface area contributed by atoms with Crippen molar-refractivity contribution in [2.24, 2.45) is 0 Å². The minimum Gasteiger partial charge on any atom is -0.392 e. The average Bonchev–Trinajstić information content (AvgIpc) is 2.45. The summed E-state index contributed by atoms with van der Waals surface area (Å²) >= 11 is 0. The van der Waals surface area contributed by atoms with Crippen LogP contribution >= 0.6 is 0 Å². The minimum absolute atomic E-state index is 0.0415. The standard InChI is InChI=1S/C15H16FNO3S/c16-15-6-2-3-12(8-15)9-17-21(19,20)11-14-5-1-4-13(7-14)10-18/h1-8,17-18H,9-11H2. The van der Waals surface area contributed by atoms with E-state index >= 15 is 0 Å². The summed E-state index contributed by atoms with van der Waals surface area (Å²) in [7, 11) is -3.52. The molecule has 0 bridgehead atoms. The van der Waals surface area contributed by atoms with E-state index in [0.717, 1.165) is 0 Å². The van der Waals surface area contributed by atoms with E-state index in [0.29, 0.717) is 16.7 Å². The van der Waals surface area contributed by atoms with Crippen molar-refractivity contribution in [1.82, 2.24) is 4.72 Å². The van der Waals surface area contributed by atoms with Crippen molar-refractivity contribution in [3.8, 4) is 0 Å². The van der Waals surface area contributed by atoms with Crippen molar-refractivity contribution in [1.29, 1.82) is 0 Å². The predicted molar refractivity (Wildman–Crippen MR) is 78.2 cm³/mol. The van der Waals surface area contributed by atoms with E-state index in [4.69, 9.17) is 5.11 Å². The van der Waals surface area contributed by atoms with Crippen molar-refractivity contribution in [3.63, 3.8) is 0 Å². The molecule has 2 N–H and O–H groups in total. The highest BCUT2D eigenvalue weighted by Crippen LogP contribution is 2.10. The summed E-state index contributed by atoms with van der Waals surface area (Å²) in [5, 5.41) is 9.04. The van der Waals surface area contributed by atoms with Gasteiger partial charge in [0.25, 0.3) is 0 Å². The Bertz CT molecular complexity index is 716. The van der Waals surface area contributed by atoms with Gasteiger partial charge in [0.05, 0.1) is 12.4 Å². The first-order valence-electron chi connectivity index (χ1n) is 6.39. The number of hydrogen-bond acceptors (Lipinski definition) is 3. The predicted octanol–water partition coefficient (Wildman–Crippen LogP) is 1.94. The van der Waals surface area contributed by atoms with Crippen LogP contribution in [0.25, 0.3) is 0 Å². The minimum atomic E-state index is -3.52. The van der Waals surface area contributed by atoms with Gasteiger partial charge in [-0.25, -0.2) is 17.5 Å². The molecule has 0 saturated heterocycles. The summed E-state index contributed by atoms with van der Waals surface area (Å²) in [5.41, 5.74) is 1.81. The lowest BCUT2D eigenvalue weighted by Gasteiger charge is -2.08. The zero-order valence-corrected chi connectivity index (χ0v) is 12.1. The maximum Gasteiger partial charge on any atom is 0.216 e. The van der Waals surface area contributed by atoms with Crippen LogP contribution < -0.4 is 4.72 Å². The molecule has 0 atom stereocenters. The molecule has 21 heavy (non-hydrogen) atoms. The highest BCUT2D eigenvalue weighted by atomic mass is 32.2. The van der Waals surface area contributed by atoms with Crippen LogP contribution in [-0.4, -0.2) is 13.5 Å². The van der Waals surface area contributed by atoms with Crippen LogP contribution in [0.1, 0.15) is 16.7 Å². The Balaban J connectivity index is 2.01. The third-order valence-electron chi connectivity index (χ3n) is 2.92. The fourth-order valence-electron chi connectivity index (χ4n) is 1.93. The topological polar surface area (TPSA) is 66.4 Å². The molecule has 0 radical (unpaired) electrons. The molecule has 0 heterocycles. The molecule has 6 heteroatoms.